The summed E-state index contributed by atoms with van der Waals surface area (Å²) in [4.78, 5) is 27.7. The molecule has 0 aliphatic heterocycles. The molecule has 152 valence electrons. The van der Waals surface area contributed by atoms with Crippen molar-refractivity contribution in [2.24, 2.45) is 0 Å². The number of aromatic nitrogens is 4. The Morgan fingerprint density at radius 2 is 2.10 bits per heavy atom. The highest BCUT2D eigenvalue weighted by Gasteiger charge is 2.15. The maximum absolute atomic E-state index is 12.3. The molecular formula is C21H25N5O3. The predicted molar refractivity (Wildman–Crippen MR) is 110 cm³/mol. The maximum atomic E-state index is 12.3. The number of nitrogens with one attached hydrogen (secondary N) is 2. The number of unbranched alkanes of at least 4 members (excludes halogenated alkanes) is 1. The fraction of sp³-hybridized carbons (Fsp3) is 0.333. The Bertz CT molecular complexity index is 988. The Hall–Kier alpha value is -3.26. The van der Waals surface area contributed by atoms with Crippen molar-refractivity contribution >= 4 is 5.95 Å². The second-order valence-electron chi connectivity index (χ2n) is 6.68. The van der Waals surface area contributed by atoms with Gasteiger partial charge in [0.2, 0.25) is 5.95 Å². The lowest BCUT2D eigenvalue weighted by molar-refractivity contribution is 0.217. The van der Waals surface area contributed by atoms with Crippen molar-refractivity contribution < 1.29 is 9.84 Å². The van der Waals surface area contributed by atoms with E-state index >= 15 is 0 Å². The second kappa shape index (κ2) is 9.79. The van der Waals surface area contributed by atoms with E-state index in [1.54, 1.807) is 31.6 Å². The van der Waals surface area contributed by atoms with Gasteiger partial charge in [0.15, 0.2) is 0 Å². The van der Waals surface area contributed by atoms with E-state index in [1.807, 2.05) is 19.1 Å². The first-order chi connectivity index (χ1) is 14.1. The molecule has 0 fully saturated rings. The third kappa shape index (κ3) is 5.39. The molecule has 0 amide bonds. The van der Waals surface area contributed by atoms with Gasteiger partial charge < -0.3 is 20.1 Å². The molecule has 0 aromatic carbocycles. The SMILES string of the molecule is COc1cccnc1CCCCNc1nc(=O)c(C(O)c2ccc(C)nc2)c[nH]1. The van der Waals surface area contributed by atoms with Gasteiger partial charge in [0.1, 0.15) is 11.9 Å². The topological polar surface area (TPSA) is 113 Å². The van der Waals surface area contributed by atoms with E-state index in [4.69, 9.17) is 4.74 Å². The predicted octanol–water partition coefficient (Wildman–Crippen LogP) is 2.39. The van der Waals surface area contributed by atoms with Crippen LogP contribution in [0.1, 0.15) is 41.5 Å². The van der Waals surface area contributed by atoms with Crippen molar-refractivity contribution in [2.75, 3.05) is 19.0 Å². The van der Waals surface area contributed by atoms with Crippen molar-refractivity contribution in [2.45, 2.75) is 32.3 Å². The Morgan fingerprint density at radius 3 is 2.83 bits per heavy atom. The number of aliphatic hydroxyl groups is 1. The van der Waals surface area contributed by atoms with Gasteiger partial charge in [0.25, 0.3) is 5.56 Å². The first-order valence-electron chi connectivity index (χ1n) is 9.50. The number of H-pyrrole nitrogens is 1. The summed E-state index contributed by atoms with van der Waals surface area (Å²) in [5.74, 6) is 1.17. The van der Waals surface area contributed by atoms with Crippen LogP contribution in [0.2, 0.25) is 0 Å². The summed E-state index contributed by atoms with van der Waals surface area (Å²) in [7, 11) is 1.64. The van der Waals surface area contributed by atoms with Crippen LogP contribution in [0.25, 0.3) is 0 Å². The largest absolute Gasteiger partial charge is 0.495 e. The number of aryl methyl sites for hydroxylation is 2. The van der Waals surface area contributed by atoms with E-state index in [-0.39, 0.29) is 5.56 Å². The number of aliphatic hydroxyl groups excluding tert-OH is 1. The molecule has 8 heteroatoms. The number of nitrogens with zero attached hydrogens (tertiary/aromatic N) is 3. The van der Waals surface area contributed by atoms with Crippen LogP contribution in [0.4, 0.5) is 5.95 Å². The highest BCUT2D eigenvalue weighted by molar-refractivity contribution is 5.30. The average molecular weight is 395 g/mol. The molecule has 8 nitrogen and oxygen atoms in total. The number of methoxy groups -OCH3 is 1. The monoisotopic (exact) mass is 395 g/mol. The van der Waals surface area contributed by atoms with E-state index in [2.05, 4.69) is 25.3 Å². The minimum absolute atomic E-state index is 0.184. The normalized spacial score (nSPS) is 11.8. The van der Waals surface area contributed by atoms with Gasteiger partial charge >= 0.3 is 0 Å². The molecule has 0 aliphatic rings. The second-order valence-corrected chi connectivity index (χ2v) is 6.68. The van der Waals surface area contributed by atoms with Crippen LogP contribution in [-0.4, -0.2) is 38.7 Å². The van der Waals surface area contributed by atoms with Crippen LogP contribution in [-0.2, 0) is 6.42 Å². The zero-order chi connectivity index (χ0) is 20.6. The molecular weight excluding hydrogens is 370 g/mol. The highest BCUT2D eigenvalue weighted by atomic mass is 16.5. The molecule has 29 heavy (non-hydrogen) atoms. The van der Waals surface area contributed by atoms with E-state index in [0.717, 1.165) is 36.4 Å². The van der Waals surface area contributed by atoms with Crippen LogP contribution in [0.5, 0.6) is 5.75 Å². The molecule has 3 aromatic heterocycles. The van der Waals surface area contributed by atoms with E-state index in [9.17, 15) is 9.90 Å². The zero-order valence-corrected chi connectivity index (χ0v) is 16.6. The van der Waals surface area contributed by atoms with Crippen LogP contribution >= 0.6 is 0 Å². The molecule has 1 unspecified atom stereocenters. The quantitative estimate of drug-likeness (QED) is 0.477. The van der Waals surface area contributed by atoms with Gasteiger partial charge in [-0.2, -0.15) is 4.98 Å². The number of rotatable bonds is 9. The molecule has 3 N–H and O–H groups in total. The molecule has 0 aliphatic carbocycles. The number of pyridine rings is 2. The van der Waals surface area contributed by atoms with Gasteiger partial charge in [-0.15, -0.1) is 0 Å². The Balaban J connectivity index is 1.51. The van der Waals surface area contributed by atoms with Crippen LogP contribution < -0.4 is 15.6 Å². The lowest BCUT2D eigenvalue weighted by Gasteiger charge is -2.11. The summed E-state index contributed by atoms with van der Waals surface area (Å²) in [6, 6.07) is 7.28. The lowest BCUT2D eigenvalue weighted by Crippen LogP contribution is -2.20. The minimum Gasteiger partial charge on any atom is -0.495 e. The van der Waals surface area contributed by atoms with E-state index < -0.39 is 11.7 Å². The number of anilines is 1. The minimum atomic E-state index is -1.07. The number of ether oxygens (including phenoxy) is 1. The average Bonchev–Trinajstić information content (AvgIpc) is 2.74. The number of aromatic amines is 1. The number of hydrogen-bond donors (Lipinski definition) is 3. The molecule has 1 atom stereocenters. The molecule has 0 spiro atoms. The van der Waals surface area contributed by atoms with Crippen molar-refractivity contribution in [1.29, 1.82) is 0 Å². The maximum Gasteiger partial charge on any atom is 0.280 e. The third-order valence-electron chi connectivity index (χ3n) is 4.57. The first kappa shape index (κ1) is 20.5. The van der Waals surface area contributed by atoms with E-state index in [0.29, 0.717) is 18.1 Å². The summed E-state index contributed by atoms with van der Waals surface area (Å²) in [5, 5.41) is 13.5. The molecule has 3 heterocycles. The van der Waals surface area contributed by atoms with Gasteiger partial charge in [0.05, 0.1) is 18.4 Å². The number of hydrogen-bond acceptors (Lipinski definition) is 7. The Kier molecular flexibility index (Phi) is 6.91. The van der Waals surface area contributed by atoms with Crippen LogP contribution in [0, 0.1) is 6.92 Å². The lowest BCUT2D eigenvalue weighted by atomic mass is 10.1. The van der Waals surface area contributed by atoms with Gasteiger partial charge in [-0.25, -0.2) is 0 Å². The summed E-state index contributed by atoms with van der Waals surface area (Å²) < 4.78 is 5.30. The Labute approximate surface area is 169 Å². The van der Waals surface area contributed by atoms with Crippen molar-refractivity contribution in [1.82, 2.24) is 19.9 Å². The van der Waals surface area contributed by atoms with Crippen molar-refractivity contribution in [3.63, 3.8) is 0 Å². The van der Waals surface area contributed by atoms with Crippen molar-refractivity contribution in [3.05, 3.63) is 75.7 Å². The highest BCUT2D eigenvalue weighted by Crippen LogP contribution is 2.18. The first-order valence-corrected chi connectivity index (χ1v) is 9.50. The Morgan fingerprint density at radius 1 is 1.24 bits per heavy atom. The summed E-state index contributed by atoms with van der Waals surface area (Å²) in [6.07, 6.45) is 6.34. The van der Waals surface area contributed by atoms with Gasteiger partial charge in [-0.3, -0.25) is 14.8 Å². The summed E-state index contributed by atoms with van der Waals surface area (Å²) >= 11 is 0. The third-order valence-corrected chi connectivity index (χ3v) is 4.57. The van der Waals surface area contributed by atoms with Crippen LogP contribution in [0.3, 0.4) is 0 Å². The van der Waals surface area contributed by atoms with Crippen LogP contribution in [0.15, 0.2) is 47.7 Å². The fourth-order valence-corrected chi connectivity index (χ4v) is 2.93. The van der Waals surface area contributed by atoms with Gasteiger partial charge in [0, 0.05) is 36.4 Å². The molecule has 0 bridgehead atoms. The smallest absolute Gasteiger partial charge is 0.280 e. The molecule has 3 aromatic rings. The summed E-state index contributed by atoms with van der Waals surface area (Å²) in [5.41, 5.74) is 2.04. The molecule has 3 rings (SSSR count). The van der Waals surface area contributed by atoms with Gasteiger partial charge in [-0.1, -0.05) is 6.07 Å². The zero-order valence-electron chi connectivity index (χ0n) is 16.6. The molecule has 0 saturated carbocycles. The van der Waals surface area contributed by atoms with E-state index in [1.165, 1.54) is 6.20 Å². The standard InChI is InChI=1S/C21H25N5O3/c1-14-8-9-15(12-24-14)19(27)16-13-25-21(26-20(16)28)23-10-4-3-6-17-18(29-2)7-5-11-22-17/h5,7-9,11-13,19,27H,3-4,6,10H2,1-2H3,(H2,23,25,26,28). The fourth-order valence-electron chi connectivity index (χ4n) is 2.93. The summed E-state index contributed by atoms with van der Waals surface area (Å²) in [6.45, 7) is 2.51. The van der Waals surface area contributed by atoms with Crippen molar-refractivity contribution in [3.8, 4) is 5.75 Å². The van der Waals surface area contributed by atoms with Gasteiger partial charge in [-0.05, 0) is 44.4 Å². The molecule has 0 radical (unpaired) electrons. The molecule has 0 saturated heterocycles.